The van der Waals surface area contributed by atoms with Crippen LogP contribution in [0.1, 0.15) is 50.4 Å². The third kappa shape index (κ3) is 4.04. The van der Waals surface area contributed by atoms with Gasteiger partial charge in [-0.3, -0.25) is 15.0 Å². The second-order valence-corrected chi connectivity index (χ2v) is 8.71. The number of amides is 4. The van der Waals surface area contributed by atoms with Gasteiger partial charge in [-0.25, -0.2) is 4.79 Å². The van der Waals surface area contributed by atoms with Crippen molar-refractivity contribution in [1.82, 2.24) is 30.5 Å². The maximum atomic E-state index is 12.4. The predicted molar refractivity (Wildman–Crippen MR) is 110 cm³/mol. The van der Waals surface area contributed by atoms with Crippen LogP contribution < -0.4 is 10.7 Å². The molecular weight excluding hydrogens is 404 g/mol. The van der Waals surface area contributed by atoms with Crippen molar-refractivity contribution in [2.24, 2.45) is 0 Å². The molecule has 1 saturated heterocycles. The summed E-state index contributed by atoms with van der Waals surface area (Å²) in [5, 5.41) is 12.6. The van der Waals surface area contributed by atoms with E-state index in [-0.39, 0.29) is 5.75 Å². The Kier molecular flexibility index (Phi) is 5.50. The highest BCUT2D eigenvalue weighted by Gasteiger charge is 2.47. The Morgan fingerprint density at radius 3 is 2.63 bits per heavy atom. The van der Waals surface area contributed by atoms with Crippen LogP contribution >= 0.6 is 11.8 Å². The number of rotatable bonds is 8. The number of imide groups is 1. The number of urea groups is 1. The van der Waals surface area contributed by atoms with Crippen LogP contribution in [-0.2, 0) is 16.1 Å². The predicted octanol–water partition coefficient (Wildman–Crippen LogP) is 2.05. The molecular formula is C20H24N6O3S. The fourth-order valence-corrected chi connectivity index (χ4v) is 4.01. The van der Waals surface area contributed by atoms with Gasteiger partial charge in [-0.05, 0) is 31.7 Å². The highest BCUT2D eigenvalue weighted by Crippen LogP contribution is 2.40. The van der Waals surface area contributed by atoms with Crippen molar-refractivity contribution in [3.8, 4) is 0 Å². The molecule has 1 aromatic carbocycles. The summed E-state index contributed by atoms with van der Waals surface area (Å²) in [7, 11) is 0. The van der Waals surface area contributed by atoms with Gasteiger partial charge in [0.2, 0.25) is 5.91 Å². The van der Waals surface area contributed by atoms with Crippen LogP contribution in [0.5, 0.6) is 0 Å². The number of nitrogens with one attached hydrogen (secondary N) is 2. The van der Waals surface area contributed by atoms with Crippen molar-refractivity contribution in [3.63, 3.8) is 0 Å². The van der Waals surface area contributed by atoms with Crippen LogP contribution in [-0.4, -0.2) is 48.9 Å². The molecule has 1 aliphatic carbocycles. The third-order valence-corrected chi connectivity index (χ3v) is 6.38. The summed E-state index contributed by atoms with van der Waals surface area (Å²) >= 11 is 1.24. The van der Waals surface area contributed by atoms with Gasteiger partial charge in [-0.15, -0.1) is 10.2 Å². The van der Waals surface area contributed by atoms with Gasteiger partial charge >= 0.3 is 6.03 Å². The summed E-state index contributed by atoms with van der Waals surface area (Å²) in [6.07, 6.45) is 2.63. The molecule has 1 atom stereocenters. The van der Waals surface area contributed by atoms with Gasteiger partial charge in [0, 0.05) is 5.92 Å². The van der Waals surface area contributed by atoms with Gasteiger partial charge in [0.1, 0.15) is 11.4 Å². The average molecular weight is 429 g/mol. The molecule has 4 rings (SSSR count). The SMILES string of the molecule is CC[C@]1(C)NC(=O)N(NC(=O)CSc2nnc(C3CC3)n2Cc2ccccc2)C1=O. The number of carbonyl (C=O) groups is 3. The third-order valence-electron chi connectivity index (χ3n) is 5.41. The van der Waals surface area contributed by atoms with E-state index in [2.05, 4.69) is 20.9 Å². The van der Waals surface area contributed by atoms with Crippen molar-refractivity contribution in [2.75, 3.05) is 5.75 Å². The molecule has 9 nitrogen and oxygen atoms in total. The molecule has 0 radical (unpaired) electrons. The topological polar surface area (TPSA) is 109 Å². The Hall–Kier alpha value is -2.88. The minimum absolute atomic E-state index is 0.0114. The standard InChI is InChI=1S/C20H24N6O3S/c1-3-20(2)17(28)26(18(29)21-20)24-15(27)12-30-19-23-22-16(14-9-10-14)25(19)11-13-7-5-4-6-8-13/h4-8,14H,3,9-12H2,1-2H3,(H,21,29)(H,24,27)/t20-/m0/s1. The maximum absolute atomic E-state index is 12.4. The normalized spacial score (nSPS) is 21.1. The number of benzene rings is 1. The second kappa shape index (κ2) is 8.10. The molecule has 1 saturated carbocycles. The Bertz CT molecular complexity index is 974. The summed E-state index contributed by atoms with van der Waals surface area (Å²) < 4.78 is 2.05. The quantitative estimate of drug-likeness (QED) is 0.492. The summed E-state index contributed by atoms with van der Waals surface area (Å²) in [5.41, 5.74) is 2.54. The van der Waals surface area contributed by atoms with E-state index in [4.69, 9.17) is 0 Å². The summed E-state index contributed by atoms with van der Waals surface area (Å²) in [4.78, 5) is 36.9. The largest absolute Gasteiger partial charge is 0.344 e. The lowest BCUT2D eigenvalue weighted by Gasteiger charge is -2.19. The van der Waals surface area contributed by atoms with Crippen molar-refractivity contribution < 1.29 is 14.4 Å². The molecule has 2 aliphatic rings. The van der Waals surface area contributed by atoms with E-state index in [9.17, 15) is 14.4 Å². The van der Waals surface area contributed by atoms with Gasteiger partial charge in [0.05, 0.1) is 12.3 Å². The van der Waals surface area contributed by atoms with Gasteiger partial charge in [0.25, 0.3) is 5.91 Å². The van der Waals surface area contributed by atoms with E-state index < -0.39 is 23.4 Å². The summed E-state index contributed by atoms with van der Waals surface area (Å²) in [6, 6.07) is 9.40. The molecule has 1 aromatic heterocycles. The zero-order valence-corrected chi connectivity index (χ0v) is 17.7. The molecule has 4 amide bonds. The van der Waals surface area contributed by atoms with Crippen LogP contribution in [0.2, 0.25) is 0 Å². The molecule has 158 valence electrons. The number of hydrogen-bond donors (Lipinski definition) is 2. The molecule has 10 heteroatoms. The number of hydrazine groups is 1. The monoisotopic (exact) mass is 428 g/mol. The van der Waals surface area contributed by atoms with E-state index in [0.29, 0.717) is 24.0 Å². The van der Waals surface area contributed by atoms with Crippen molar-refractivity contribution >= 4 is 29.6 Å². The zero-order chi connectivity index (χ0) is 21.3. The Morgan fingerprint density at radius 1 is 1.27 bits per heavy atom. The maximum Gasteiger partial charge on any atom is 0.344 e. The van der Waals surface area contributed by atoms with E-state index in [0.717, 1.165) is 29.2 Å². The van der Waals surface area contributed by atoms with E-state index >= 15 is 0 Å². The lowest BCUT2D eigenvalue weighted by Crippen LogP contribution is -2.49. The lowest BCUT2D eigenvalue weighted by atomic mass is 10.00. The molecule has 2 fully saturated rings. The lowest BCUT2D eigenvalue weighted by molar-refractivity contribution is -0.137. The summed E-state index contributed by atoms with van der Waals surface area (Å²) in [5.74, 6) is 0.455. The number of nitrogens with zero attached hydrogens (tertiary/aromatic N) is 4. The zero-order valence-electron chi connectivity index (χ0n) is 16.9. The minimum Gasteiger partial charge on any atom is -0.322 e. The second-order valence-electron chi connectivity index (χ2n) is 7.77. The van der Waals surface area contributed by atoms with Gasteiger partial charge < -0.3 is 9.88 Å². The van der Waals surface area contributed by atoms with Crippen LogP contribution in [0, 0.1) is 0 Å². The molecule has 0 unspecified atom stereocenters. The van der Waals surface area contributed by atoms with E-state index in [1.54, 1.807) is 13.8 Å². The highest BCUT2D eigenvalue weighted by molar-refractivity contribution is 7.99. The first-order chi connectivity index (χ1) is 14.4. The number of carbonyl (C=O) groups excluding carboxylic acids is 3. The smallest absolute Gasteiger partial charge is 0.322 e. The van der Waals surface area contributed by atoms with Crippen LogP contribution in [0.4, 0.5) is 4.79 Å². The van der Waals surface area contributed by atoms with Crippen LogP contribution in [0.15, 0.2) is 35.5 Å². The Balaban J connectivity index is 1.42. The van der Waals surface area contributed by atoms with Crippen molar-refractivity contribution in [3.05, 3.63) is 41.7 Å². The molecule has 1 aliphatic heterocycles. The highest BCUT2D eigenvalue weighted by atomic mass is 32.2. The van der Waals surface area contributed by atoms with E-state index in [1.807, 2.05) is 34.9 Å². The van der Waals surface area contributed by atoms with Crippen LogP contribution in [0.3, 0.4) is 0 Å². The van der Waals surface area contributed by atoms with E-state index in [1.165, 1.54) is 11.8 Å². The fraction of sp³-hybridized carbons (Fsp3) is 0.450. The summed E-state index contributed by atoms with van der Waals surface area (Å²) in [6.45, 7) is 4.07. The minimum atomic E-state index is -0.994. The molecule has 0 bridgehead atoms. The van der Waals surface area contributed by atoms with Crippen molar-refractivity contribution in [2.45, 2.75) is 56.3 Å². The van der Waals surface area contributed by atoms with Gasteiger partial charge in [-0.2, -0.15) is 5.01 Å². The van der Waals surface area contributed by atoms with Gasteiger partial charge in [0.15, 0.2) is 5.16 Å². The molecule has 2 aromatic rings. The Morgan fingerprint density at radius 2 is 2.00 bits per heavy atom. The average Bonchev–Trinajstić information content (AvgIpc) is 3.47. The number of thioether (sulfide) groups is 1. The first kappa shape index (κ1) is 20.4. The Labute approximate surface area is 178 Å². The molecule has 0 spiro atoms. The van der Waals surface area contributed by atoms with Crippen LogP contribution in [0.25, 0.3) is 0 Å². The van der Waals surface area contributed by atoms with Gasteiger partial charge in [-0.1, -0.05) is 49.0 Å². The fourth-order valence-electron chi connectivity index (χ4n) is 3.28. The number of aromatic nitrogens is 3. The first-order valence-electron chi connectivity index (χ1n) is 9.97. The molecule has 30 heavy (non-hydrogen) atoms. The molecule has 2 N–H and O–H groups in total. The molecule has 2 heterocycles. The number of hydrogen-bond acceptors (Lipinski definition) is 6. The van der Waals surface area contributed by atoms with Crippen molar-refractivity contribution in [1.29, 1.82) is 0 Å². The first-order valence-corrected chi connectivity index (χ1v) is 11.0.